The van der Waals surface area contributed by atoms with Crippen LogP contribution in [0.5, 0.6) is 0 Å². The molecule has 4 aromatic rings. The fourth-order valence-electron chi connectivity index (χ4n) is 3.66. The van der Waals surface area contributed by atoms with Gasteiger partial charge < -0.3 is 10.3 Å². The quantitative estimate of drug-likeness (QED) is 0.329. The van der Waals surface area contributed by atoms with E-state index >= 15 is 0 Å². The highest BCUT2D eigenvalue weighted by Crippen LogP contribution is 2.31. The Morgan fingerprint density at radius 3 is 2.30 bits per heavy atom. The lowest BCUT2D eigenvalue weighted by Crippen LogP contribution is -2.15. The minimum atomic E-state index is -3.35. The molecule has 0 bridgehead atoms. The van der Waals surface area contributed by atoms with Gasteiger partial charge in [-0.25, -0.2) is 12.8 Å². The second-order valence-corrected chi connectivity index (χ2v) is 9.67. The SMILES string of the molecule is CCS(=O)(=O)Nc1ccc(NC(=O)CCc2c(-c3ccc(F)cc3)[nH]c3ccccc23)cc1. The van der Waals surface area contributed by atoms with E-state index in [0.717, 1.165) is 27.7 Å². The lowest BCUT2D eigenvalue weighted by molar-refractivity contribution is -0.116. The topological polar surface area (TPSA) is 91.1 Å². The number of nitrogens with one attached hydrogen (secondary N) is 3. The maximum Gasteiger partial charge on any atom is 0.232 e. The first-order valence-electron chi connectivity index (χ1n) is 10.6. The average molecular weight is 466 g/mol. The zero-order valence-electron chi connectivity index (χ0n) is 18.1. The summed E-state index contributed by atoms with van der Waals surface area (Å²) >= 11 is 0. The third-order valence-corrected chi connectivity index (χ3v) is 6.68. The number of hydrogen-bond donors (Lipinski definition) is 3. The molecule has 0 aliphatic rings. The van der Waals surface area contributed by atoms with Crippen molar-refractivity contribution in [1.29, 1.82) is 0 Å². The van der Waals surface area contributed by atoms with Gasteiger partial charge in [0.15, 0.2) is 0 Å². The van der Waals surface area contributed by atoms with Crippen molar-refractivity contribution in [2.24, 2.45) is 0 Å². The van der Waals surface area contributed by atoms with E-state index in [-0.39, 0.29) is 23.9 Å². The summed E-state index contributed by atoms with van der Waals surface area (Å²) in [6.45, 7) is 1.56. The van der Waals surface area contributed by atoms with Crippen molar-refractivity contribution in [2.75, 3.05) is 15.8 Å². The zero-order chi connectivity index (χ0) is 23.4. The predicted octanol–water partition coefficient (Wildman–Crippen LogP) is 5.31. The Hall–Kier alpha value is -3.65. The van der Waals surface area contributed by atoms with Crippen molar-refractivity contribution in [3.05, 3.63) is 84.2 Å². The number of carbonyl (C=O) groups is 1. The molecule has 0 atom stereocenters. The van der Waals surface area contributed by atoms with E-state index in [1.54, 1.807) is 43.3 Å². The molecule has 1 amide bonds. The van der Waals surface area contributed by atoms with E-state index < -0.39 is 10.0 Å². The number of aryl methyl sites for hydroxylation is 1. The summed E-state index contributed by atoms with van der Waals surface area (Å²) in [5.41, 5.74) is 4.70. The molecule has 1 heterocycles. The van der Waals surface area contributed by atoms with Gasteiger partial charge in [-0.3, -0.25) is 9.52 Å². The summed E-state index contributed by atoms with van der Waals surface area (Å²) in [5.74, 6) is -0.476. The summed E-state index contributed by atoms with van der Waals surface area (Å²) < 4.78 is 39.2. The van der Waals surface area contributed by atoms with Crippen LogP contribution in [-0.2, 0) is 21.2 Å². The van der Waals surface area contributed by atoms with Crippen LogP contribution in [0.1, 0.15) is 18.9 Å². The first-order valence-corrected chi connectivity index (χ1v) is 12.3. The molecule has 0 unspecified atom stereocenters. The molecule has 0 radical (unpaired) electrons. The number of fused-ring (bicyclic) bond motifs is 1. The fraction of sp³-hybridized carbons (Fsp3) is 0.160. The normalized spacial score (nSPS) is 11.5. The summed E-state index contributed by atoms with van der Waals surface area (Å²) in [5, 5.41) is 3.87. The van der Waals surface area contributed by atoms with Gasteiger partial charge in [0.25, 0.3) is 0 Å². The molecule has 0 saturated carbocycles. The third kappa shape index (κ3) is 5.40. The first-order chi connectivity index (χ1) is 15.8. The van der Waals surface area contributed by atoms with Gasteiger partial charge in [-0.15, -0.1) is 0 Å². The smallest absolute Gasteiger partial charge is 0.232 e. The summed E-state index contributed by atoms with van der Waals surface area (Å²) in [6, 6.07) is 20.7. The van der Waals surface area contributed by atoms with Gasteiger partial charge in [0.1, 0.15) is 5.82 Å². The first kappa shape index (κ1) is 22.5. The minimum absolute atomic E-state index is 0.0146. The standard InChI is InChI=1S/C25H24FN3O3S/c1-2-33(31,32)29-20-13-11-19(12-14-20)27-24(30)16-15-22-21-5-3-4-6-23(21)28-25(22)17-7-9-18(26)10-8-17/h3-14,28-29H,2,15-16H2,1H3,(H,27,30). The van der Waals surface area contributed by atoms with Gasteiger partial charge in [-0.05, 0) is 79.1 Å². The lowest BCUT2D eigenvalue weighted by atomic mass is 10.0. The number of aromatic nitrogens is 1. The maximum atomic E-state index is 13.4. The van der Waals surface area contributed by atoms with Crippen LogP contribution in [0, 0.1) is 5.82 Å². The van der Waals surface area contributed by atoms with Gasteiger partial charge in [0, 0.05) is 34.4 Å². The zero-order valence-corrected chi connectivity index (χ0v) is 18.9. The number of amides is 1. The third-order valence-electron chi connectivity index (χ3n) is 5.37. The van der Waals surface area contributed by atoms with Gasteiger partial charge in [0.05, 0.1) is 5.75 Å². The van der Waals surface area contributed by atoms with Crippen molar-refractivity contribution in [3.63, 3.8) is 0 Å². The average Bonchev–Trinajstić information content (AvgIpc) is 3.18. The number of rotatable bonds is 8. The molecule has 3 N–H and O–H groups in total. The van der Waals surface area contributed by atoms with E-state index in [1.165, 1.54) is 12.1 Å². The molecule has 3 aromatic carbocycles. The molecule has 170 valence electrons. The Labute approximate surface area is 191 Å². The van der Waals surface area contributed by atoms with Crippen molar-refractivity contribution in [3.8, 4) is 11.3 Å². The number of halogens is 1. The second kappa shape index (κ2) is 9.46. The molecule has 0 fully saturated rings. The number of hydrogen-bond acceptors (Lipinski definition) is 3. The minimum Gasteiger partial charge on any atom is -0.354 e. The van der Waals surface area contributed by atoms with Gasteiger partial charge >= 0.3 is 0 Å². The van der Waals surface area contributed by atoms with E-state index in [0.29, 0.717) is 17.8 Å². The Bertz CT molecular complexity index is 1380. The highest BCUT2D eigenvalue weighted by molar-refractivity contribution is 7.92. The second-order valence-electron chi connectivity index (χ2n) is 7.66. The van der Waals surface area contributed by atoms with Crippen molar-refractivity contribution in [2.45, 2.75) is 19.8 Å². The number of benzene rings is 3. The predicted molar refractivity (Wildman–Crippen MR) is 130 cm³/mol. The summed E-state index contributed by atoms with van der Waals surface area (Å²) in [7, 11) is -3.35. The number of aromatic amines is 1. The van der Waals surface area contributed by atoms with Gasteiger partial charge in [-0.2, -0.15) is 0 Å². The van der Waals surface area contributed by atoms with Crippen LogP contribution in [0.15, 0.2) is 72.8 Å². The van der Waals surface area contributed by atoms with Crippen molar-refractivity contribution < 1.29 is 17.6 Å². The number of anilines is 2. The van der Waals surface area contributed by atoms with Crippen LogP contribution in [-0.4, -0.2) is 25.1 Å². The van der Waals surface area contributed by atoms with Gasteiger partial charge in [-0.1, -0.05) is 18.2 Å². The number of carbonyl (C=O) groups excluding carboxylic acids is 1. The Morgan fingerprint density at radius 2 is 1.61 bits per heavy atom. The fourth-order valence-corrected chi connectivity index (χ4v) is 4.30. The summed E-state index contributed by atoms with van der Waals surface area (Å²) in [6.07, 6.45) is 0.747. The molecule has 8 heteroatoms. The van der Waals surface area contributed by atoms with E-state index in [1.807, 2.05) is 24.3 Å². The molecule has 1 aromatic heterocycles. The molecule has 0 saturated heterocycles. The Balaban J connectivity index is 1.48. The largest absolute Gasteiger partial charge is 0.354 e. The number of H-pyrrole nitrogens is 1. The Kier molecular flexibility index (Phi) is 6.46. The highest BCUT2D eigenvalue weighted by Gasteiger charge is 2.15. The Morgan fingerprint density at radius 1 is 0.939 bits per heavy atom. The van der Waals surface area contributed by atoms with Crippen LogP contribution in [0.2, 0.25) is 0 Å². The van der Waals surface area contributed by atoms with Crippen LogP contribution in [0.4, 0.5) is 15.8 Å². The molecule has 6 nitrogen and oxygen atoms in total. The molecule has 4 rings (SSSR count). The molecular weight excluding hydrogens is 441 g/mol. The van der Waals surface area contributed by atoms with Crippen LogP contribution >= 0.6 is 0 Å². The number of para-hydroxylation sites is 1. The number of sulfonamides is 1. The maximum absolute atomic E-state index is 13.4. The lowest BCUT2D eigenvalue weighted by Gasteiger charge is -2.09. The highest BCUT2D eigenvalue weighted by atomic mass is 32.2. The molecule has 0 aliphatic carbocycles. The van der Waals surface area contributed by atoms with E-state index in [9.17, 15) is 17.6 Å². The van der Waals surface area contributed by atoms with Gasteiger partial charge in [0.2, 0.25) is 15.9 Å². The van der Waals surface area contributed by atoms with Crippen molar-refractivity contribution >= 4 is 38.2 Å². The monoisotopic (exact) mass is 465 g/mol. The van der Waals surface area contributed by atoms with E-state index in [4.69, 9.17) is 0 Å². The van der Waals surface area contributed by atoms with Crippen LogP contribution in [0.3, 0.4) is 0 Å². The molecule has 0 spiro atoms. The van der Waals surface area contributed by atoms with Crippen LogP contribution < -0.4 is 10.0 Å². The molecular formula is C25H24FN3O3S. The van der Waals surface area contributed by atoms with Crippen LogP contribution in [0.25, 0.3) is 22.2 Å². The summed E-state index contributed by atoms with van der Waals surface area (Å²) in [4.78, 5) is 16.0. The van der Waals surface area contributed by atoms with E-state index in [2.05, 4.69) is 15.0 Å². The van der Waals surface area contributed by atoms with Crippen molar-refractivity contribution in [1.82, 2.24) is 4.98 Å². The molecule has 33 heavy (non-hydrogen) atoms. The molecule has 0 aliphatic heterocycles.